The SMILES string of the molecule is CCCNCc1ccc(Cl)c(S(=O)(=O)NC(CC)CC)c1. The van der Waals surface area contributed by atoms with Crippen molar-refractivity contribution in [3.05, 3.63) is 28.8 Å². The van der Waals surface area contributed by atoms with E-state index in [1.165, 1.54) is 0 Å². The Bertz CT molecular complexity index is 543. The summed E-state index contributed by atoms with van der Waals surface area (Å²) in [5, 5.41) is 3.51. The van der Waals surface area contributed by atoms with Crippen molar-refractivity contribution in [2.24, 2.45) is 0 Å². The van der Waals surface area contributed by atoms with Crippen LogP contribution in [0.3, 0.4) is 0 Å². The van der Waals surface area contributed by atoms with Gasteiger partial charge in [-0.1, -0.05) is 38.4 Å². The van der Waals surface area contributed by atoms with Gasteiger partial charge in [0.25, 0.3) is 0 Å². The van der Waals surface area contributed by atoms with Crippen molar-refractivity contribution in [2.75, 3.05) is 6.54 Å². The van der Waals surface area contributed by atoms with Gasteiger partial charge in [0.05, 0.1) is 5.02 Å². The fourth-order valence-electron chi connectivity index (χ4n) is 2.01. The number of nitrogens with one attached hydrogen (secondary N) is 2. The monoisotopic (exact) mass is 332 g/mol. The number of benzene rings is 1. The summed E-state index contributed by atoms with van der Waals surface area (Å²) in [5.41, 5.74) is 0.915. The predicted octanol–water partition coefficient (Wildman–Crippen LogP) is 3.31. The Morgan fingerprint density at radius 2 is 1.86 bits per heavy atom. The van der Waals surface area contributed by atoms with Crippen LogP contribution in [0.15, 0.2) is 23.1 Å². The van der Waals surface area contributed by atoms with Crippen molar-refractivity contribution in [1.29, 1.82) is 0 Å². The van der Waals surface area contributed by atoms with Crippen LogP contribution in [0, 0.1) is 0 Å². The average molecular weight is 333 g/mol. The maximum Gasteiger partial charge on any atom is 0.242 e. The van der Waals surface area contributed by atoms with E-state index in [4.69, 9.17) is 11.6 Å². The number of hydrogen-bond donors (Lipinski definition) is 2. The van der Waals surface area contributed by atoms with E-state index in [0.29, 0.717) is 6.54 Å². The van der Waals surface area contributed by atoms with E-state index in [2.05, 4.69) is 17.0 Å². The van der Waals surface area contributed by atoms with Gasteiger partial charge in [-0.05, 0) is 43.5 Å². The molecule has 0 aliphatic carbocycles. The Balaban J connectivity index is 2.96. The Kier molecular flexibility index (Phi) is 7.66. The van der Waals surface area contributed by atoms with Crippen LogP contribution >= 0.6 is 11.6 Å². The molecule has 0 saturated heterocycles. The first kappa shape index (κ1) is 18.4. The first-order valence-electron chi connectivity index (χ1n) is 7.46. The van der Waals surface area contributed by atoms with E-state index < -0.39 is 10.0 Å². The molecule has 0 unspecified atom stereocenters. The molecular formula is C15H25ClN2O2S. The van der Waals surface area contributed by atoms with E-state index in [1.54, 1.807) is 12.1 Å². The summed E-state index contributed by atoms with van der Waals surface area (Å²) in [6.07, 6.45) is 2.55. The molecule has 1 aromatic carbocycles. The van der Waals surface area contributed by atoms with Gasteiger partial charge in [-0.2, -0.15) is 0 Å². The molecule has 0 radical (unpaired) electrons. The van der Waals surface area contributed by atoms with Gasteiger partial charge in [-0.25, -0.2) is 13.1 Å². The van der Waals surface area contributed by atoms with E-state index in [9.17, 15) is 8.42 Å². The standard InChI is InChI=1S/C15H25ClN2O2S/c1-4-9-17-11-12-7-8-14(16)15(10-12)21(19,20)18-13(5-2)6-3/h7-8,10,13,17-18H,4-6,9,11H2,1-3H3. The summed E-state index contributed by atoms with van der Waals surface area (Å²) < 4.78 is 27.6. The molecule has 0 heterocycles. The van der Waals surface area contributed by atoms with Crippen molar-refractivity contribution in [3.63, 3.8) is 0 Å². The second-order valence-electron chi connectivity index (χ2n) is 5.08. The quantitative estimate of drug-likeness (QED) is 0.682. The Morgan fingerprint density at radius 3 is 2.43 bits per heavy atom. The molecule has 0 bridgehead atoms. The van der Waals surface area contributed by atoms with Gasteiger partial charge in [0.1, 0.15) is 4.90 Å². The van der Waals surface area contributed by atoms with Crippen LogP contribution in [0.2, 0.25) is 5.02 Å². The lowest BCUT2D eigenvalue weighted by atomic mass is 10.2. The molecule has 120 valence electrons. The summed E-state index contributed by atoms with van der Waals surface area (Å²) >= 11 is 6.07. The second-order valence-corrected chi connectivity index (χ2v) is 7.17. The number of hydrogen-bond acceptors (Lipinski definition) is 3. The van der Waals surface area contributed by atoms with Gasteiger partial charge in [0.2, 0.25) is 10.0 Å². The second kappa shape index (κ2) is 8.73. The van der Waals surface area contributed by atoms with Gasteiger partial charge in [0.15, 0.2) is 0 Å². The van der Waals surface area contributed by atoms with Crippen molar-refractivity contribution < 1.29 is 8.42 Å². The fourth-order valence-corrected chi connectivity index (χ4v) is 3.96. The molecule has 0 saturated carbocycles. The smallest absolute Gasteiger partial charge is 0.242 e. The largest absolute Gasteiger partial charge is 0.313 e. The highest BCUT2D eigenvalue weighted by molar-refractivity contribution is 7.89. The van der Waals surface area contributed by atoms with Crippen LogP contribution in [0.4, 0.5) is 0 Å². The Labute approximate surface area is 133 Å². The molecule has 21 heavy (non-hydrogen) atoms. The number of rotatable bonds is 9. The minimum atomic E-state index is -3.58. The van der Waals surface area contributed by atoms with Gasteiger partial charge in [-0.3, -0.25) is 0 Å². The lowest BCUT2D eigenvalue weighted by Crippen LogP contribution is -2.34. The Morgan fingerprint density at radius 1 is 1.19 bits per heavy atom. The number of halogens is 1. The molecule has 0 atom stereocenters. The summed E-state index contributed by atoms with van der Waals surface area (Å²) in [6.45, 7) is 7.55. The first-order valence-corrected chi connectivity index (χ1v) is 9.32. The summed E-state index contributed by atoms with van der Waals surface area (Å²) in [6, 6.07) is 5.08. The Hall–Kier alpha value is -0.620. The number of sulfonamides is 1. The highest BCUT2D eigenvalue weighted by Gasteiger charge is 2.21. The lowest BCUT2D eigenvalue weighted by Gasteiger charge is -2.16. The maximum atomic E-state index is 12.4. The predicted molar refractivity (Wildman–Crippen MR) is 88.1 cm³/mol. The first-order chi connectivity index (χ1) is 9.94. The molecule has 0 aromatic heterocycles. The molecule has 0 aliphatic heterocycles. The topological polar surface area (TPSA) is 58.2 Å². The van der Waals surface area contributed by atoms with E-state index in [0.717, 1.165) is 31.4 Å². The van der Waals surface area contributed by atoms with Crippen molar-refractivity contribution in [2.45, 2.75) is 57.5 Å². The highest BCUT2D eigenvalue weighted by atomic mass is 35.5. The third-order valence-corrected chi connectivity index (χ3v) is 5.35. The van der Waals surface area contributed by atoms with Crippen LogP contribution in [0.5, 0.6) is 0 Å². The summed E-state index contributed by atoms with van der Waals surface area (Å²) in [5.74, 6) is 0. The minimum Gasteiger partial charge on any atom is -0.313 e. The third-order valence-electron chi connectivity index (χ3n) is 3.35. The van der Waals surface area contributed by atoms with Gasteiger partial charge >= 0.3 is 0 Å². The molecule has 1 aromatic rings. The lowest BCUT2D eigenvalue weighted by molar-refractivity contribution is 0.530. The van der Waals surface area contributed by atoms with Crippen LogP contribution in [-0.2, 0) is 16.6 Å². The van der Waals surface area contributed by atoms with Crippen molar-refractivity contribution >= 4 is 21.6 Å². The molecule has 4 nitrogen and oxygen atoms in total. The van der Waals surface area contributed by atoms with Crippen LogP contribution in [-0.4, -0.2) is 21.0 Å². The average Bonchev–Trinajstić information content (AvgIpc) is 2.46. The molecule has 0 amide bonds. The highest BCUT2D eigenvalue weighted by Crippen LogP contribution is 2.23. The molecule has 6 heteroatoms. The third kappa shape index (κ3) is 5.58. The maximum absolute atomic E-state index is 12.4. The summed E-state index contributed by atoms with van der Waals surface area (Å²) in [4.78, 5) is 0.159. The molecule has 0 spiro atoms. The molecule has 0 fully saturated rings. The van der Waals surface area contributed by atoms with Crippen LogP contribution in [0.25, 0.3) is 0 Å². The zero-order valence-corrected chi connectivity index (χ0v) is 14.5. The van der Waals surface area contributed by atoms with E-state index in [-0.39, 0.29) is 16.0 Å². The van der Waals surface area contributed by atoms with Crippen LogP contribution < -0.4 is 10.0 Å². The molecule has 0 aliphatic rings. The van der Waals surface area contributed by atoms with Gasteiger partial charge in [0, 0.05) is 12.6 Å². The normalized spacial score (nSPS) is 12.0. The zero-order valence-electron chi connectivity index (χ0n) is 12.9. The van der Waals surface area contributed by atoms with Crippen molar-refractivity contribution in [3.8, 4) is 0 Å². The van der Waals surface area contributed by atoms with E-state index >= 15 is 0 Å². The minimum absolute atomic E-state index is 0.0621. The fraction of sp³-hybridized carbons (Fsp3) is 0.600. The van der Waals surface area contributed by atoms with Gasteiger partial charge < -0.3 is 5.32 Å². The molecular weight excluding hydrogens is 308 g/mol. The van der Waals surface area contributed by atoms with Crippen molar-refractivity contribution in [1.82, 2.24) is 10.0 Å². The molecule has 2 N–H and O–H groups in total. The van der Waals surface area contributed by atoms with Crippen LogP contribution in [0.1, 0.15) is 45.6 Å². The van der Waals surface area contributed by atoms with Gasteiger partial charge in [-0.15, -0.1) is 0 Å². The van der Waals surface area contributed by atoms with E-state index in [1.807, 2.05) is 19.9 Å². The summed E-state index contributed by atoms with van der Waals surface area (Å²) in [7, 11) is -3.58. The zero-order chi connectivity index (χ0) is 15.9. The molecule has 1 rings (SSSR count).